The van der Waals surface area contributed by atoms with E-state index in [0.717, 1.165) is 0 Å². The Kier molecular flexibility index (Phi) is 3.14. The molecule has 0 aromatic carbocycles. The first-order valence-corrected chi connectivity index (χ1v) is 3.85. The number of hydrogen-bond acceptors (Lipinski definition) is 4. The van der Waals surface area contributed by atoms with Gasteiger partial charge in [0.25, 0.3) is 0 Å². The maximum atomic E-state index is 10.9. The molecule has 0 bridgehead atoms. The van der Waals surface area contributed by atoms with Crippen molar-refractivity contribution in [2.45, 2.75) is 6.92 Å². The van der Waals surface area contributed by atoms with E-state index in [2.05, 4.69) is 4.74 Å². The lowest BCUT2D eigenvalue weighted by Gasteiger charge is -1.98. The molecule has 70 valence electrons. The number of hydrogen-bond donors (Lipinski definition) is 1. The van der Waals surface area contributed by atoms with Crippen LogP contribution in [0.25, 0.3) is 6.08 Å². The first kappa shape index (κ1) is 9.38. The average Bonchev–Trinajstić information content (AvgIpc) is 2.57. The summed E-state index contributed by atoms with van der Waals surface area (Å²) in [6.07, 6.45) is 2.66. The van der Waals surface area contributed by atoms with E-state index in [9.17, 15) is 4.79 Å². The van der Waals surface area contributed by atoms with Crippen LogP contribution < -0.4 is 0 Å². The second-order valence-corrected chi connectivity index (χ2v) is 2.27. The van der Waals surface area contributed by atoms with Gasteiger partial charge < -0.3 is 14.3 Å². The summed E-state index contributed by atoms with van der Waals surface area (Å²) >= 11 is 0. The predicted molar refractivity (Wildman–Crippen MR) is 45.9 cm³/mol. The van der Waals surface area contributed by atoms with Crippen LogP contribution in [0.15, 0.2) is 28.6 Å². The van der Waals surface area contributed by atoms with Gasteiger partial charge in [-0.05, 0) is 19.1 Å². The van der Waals surface area contributed by atoms with Gasteiger partial charge in [0.2, 0.25) is 5.76 Å². The normalized spacial score (nSPS) is 11.3. The van der Waals surface area contributed by atoms with E-state index in [4.69, 9.17) is 9.52 Å². The molecule has 0 fully saturated rings. The highest BCUT2D eigenvalue weighted by atomic mass is 16.5. The van der Waals surface area contributed by atoms with E-state index in [1.807, 2.05) is 0 Å². The van der Waals surface area contributed by atoms with Crippen molar-refractivity contribution in [1.82, 2.24) is 0 Å². The number of esters is 1. The summed E-state index contributed by atoms with van der Waals surface area (Å²) in [6.45, 7) is 1.90. The fourth-order valence-electron chi connectivity index (χ4n) is 0.772. The van der Waals surface area contributed by atoms with Crippen LogP contribution in [0.1, 0.15) is 12.7 Å². The first-order chi connectivity index (χ1) is 6.24. The molecule has 0 radical (unpaired) electrons. The van der Waals surface area contributed by atoms with Crippen LogP contribution in [0.5, 0.6) is 0 Å². The van der Waals surface area contributed by atoms with Crippen molar-refractivity contribution in [3.05, 3.63) is 29.9 Å². The molecule has 0 aliphatic heterocycles. The van der Waals surface area contributed by atoms with Crippen LogP contribution in [-0.4, -0.2) is 17.7 Å². The molecule has 1 rings (SSSR count). The molecule has 0 spiro atoms. The third-order valence-electron chi connectivity index (χ3n) is 1.31. The molecule has 0 atom stereocenters. The molecule has 0 aliphatic carbocycles. The minimum absolute atomic E-state index is 0.231. The van der Waals surface area contributed by atoms with Crippen molar-refractivity contribution in [2.24, 2.45) is 0 Å². The lowest BCUT2D eigenvalue weighted by Crippen LogP contribution is -2.06. The Balaban J connectivity index is 2.66. The third-order valence-corrected chi connectivity index (χ3v) is 1.31. The van der Waals surface area contributed by atoms with E-state index in [1.54, 1.807) is 19.1 Å². The van der Waals surface area contributed by atoms with Crippen molar-refractivity contribution in [3.63, 3.8) is 0 Å². The monoisotopic (exact) mass is 182 g/mol. The van der Waals surface area contributed by atoms with Crippen molar-refractivity contribution in [2.75, 3.05) is 6.61 Å². The van der Waals surface area contributed by atoms with Crippen LogP contribution in [0.4, 0.5) is 0 Å². The minimum Gasteiger partial charge on any atom is -0.502 e. The number of rotatable bonds is 3. The molecule has 0 saturated carbocycles. The van der Waals surface area contributed by atoms with Gasteiger partial charge in [0.1, 0.15) is 5.76 Å². The SMILES string of the molecule is CCOC(=O)/C(O)=C/c1ccco1. The van der Waals surface area contributed by atoms with Crippen molar-refractivity contribution >= 4 is 12.0 Å². The Morgan fingerprint density at radius 2 is 2.54 bits per heavy atom. The summed E-state index contributed by atoms with van der Waals surface area (Å²) in [6, 6.07) is 3.28. The van der Waals surface area contributed by atoms with Crippen molar-refractivity contribution in [1.29, 1.82) is 0 Å². The molecule has 0 saturated heterocycles. The number of aliphatic hydroxyl groups is 1. The van der Waals surface area contributed by atoms with Crippen molar-refractivity contribution in [3.8, 4) is 0 Å². The summed E-state index contributed by atoms with van der Waals surface area (Å²) in [5.41, 5.74) is 0. The molecular weight excluding hydrogens is 172 g/mol. The zero-order chi connectivity index (χ0) is 9.68. The summed E-state index contributed by atoms with van der Waals surface area (Å²) in [7, 11) is 0. The van der Waals surface area contributed by atoms with Gasteiger partial charge in [-0.15, -0.1) is 0 Å². The highest BCUT2D eigenvalue weighted by Crippen LogP contribution is 2.06. The number of furan rings is 1. The second kappa shape index (κ2) is 4.35. The summed E-state index contributed by atoms with van der Waals surface area (Å²) < 4.78 is 9.44. The average molecular weight is 182 g/mol. The molecule has 1 N–H and O–H groups in total. The Hall–Kier alpha value is -1.71. The van der Waals surface area contributed by atoms with E-state index in [-0.39, 0.29) is 6.61 Å². The summed E-state index contributed by atoms with van der Waals surface area (Å²) in [4.78, 5) is 10.9. The maximum Gasteiger partial charge on any atom is 0.373 e. The van der Waals surface area contributed by atoms with Gasteiger partial charge in [-0.3, -0.25) is 0 Å². The standard InChI is InChI=1S/C9H10O4/c1-2-12-9(11)8(10)6-7-4-3-5-13-7/h3-6,10H,2H2,1H3/b8-6-. The second-order valence-electron chi connectivity index (χ2n) is 2.27. The number of carbonyl (C=O) groups excluding carboxylic acids is 1. The van der Waals surface area contributed by atoms with E-state index in [0.29, 0.717) is 5.76 Å². The van der Waals surface area contributed by atoms with Gasteiger partial charge in [0, 0.05) is 6.08 Å². The van der Waals surface area contributed by atoms with E-state index in [1.165, 1.54) is 12.3 Å². The molecule has 0 unspecified atom stereocenters. The molecule has 0 amide bonds. The smallest absolute Gasteiger partial charge is 0.373 e. The zero-order valence-corrected chi connectivity index (χ0v) is 7.19. The highest BCUT2D eigenvalue weighted by molar-refractivity contribution is 5.90. The lowest BCUT2D eigenvalue weighted by molar-refractivity contribution is -0.141. The van der Waals surface area contributed by atoms with Gasteiger partial charge in [-0.25, -0.2) is 4.79 Å². The number of ether oxygens (including phenoxy) is 1. The van der Waals surface area contributed by atoms with Gasteiger partial charge in [0.15, 0.2) is 0 Å². The molecule has 1 aromatic rings. The minimum atomic E-state index is -0.751. The van der Waals surface area contributed by atoms with Crippen molar-refractivity contribution < 1.29 is 19.1 Å². The molecule has 13 heavy (non-hydrogen) atoms. The molecule has 4 heteroatoms. The largest absolute Gasteiger partial charge is 0.502 e. The van der Waals surface area contributed by atoms with Gasteiger partial charge in [0.05, 0.1) is 12.9 Å². The molecule has 0 aliphatic rings. The molecule has 1 heterocycles. The third kappa shape index (κ3) is 2.66. The number of aliphatic hydroxyl groups excluding tert-OH is 1. The predicted octanol–water partition coefficient (Wildman–Crippen LogP) is 1.74. The first-order valence-electron chi connectivity index (χ1n) is 3.85. The maximum absolute atomic E-state index is 10.9. The summed E-state index contributed by atoms with van der Waals surface area (Å²) in [5.74, 6) is -0.804. The Morgan fingerprint density at radius 1 is 1.77 bits per heavy atom. The molecule has 1 aromatic heterocycles. The lowest BCUT2D eigenvalue weighted by atomic mass is 10.3. The molecule has 4 nitrogen and oxygen atoms in total. The summed E-state index contributed by atoms with van der Waals surface area (Å²) in [5, 5.41) is 9.15. The number of carbonyl (C=O) groups is 1. The quantitative estimate of drug-likeness (QED) is 0.439. The fourth-order valence-corrected chi connectivity index (χ4v) is 0.772. The van der Waals surface area contributed by atoms with Crippen LogP contribution in [0.2, 0.25) is 0 Å². The van der Waals surface area contributed by atoms with Crippen LogP contribution >= 0.6 is 0 Å². The zero-order valence-electron chi connectivity index (χ0n) is 7.19. The van der Waals surface area contributed by atoms with Crippen LogP contribution in [0, 0.1) is 0 Å². The van der Waals surface area contributed by atoms with Gasteiger partial charge >= 0.3 is 5.97 Å². The Labute approximate surface area is 75.4 Å². The molecular formula is C9H10O4. The van der Waals surface area contributed by atoms with Gasteiger partial charge in [-0.1, -0.05) is 0 Å². The Morgan fingerprint density at radius 3 is 3.08 bits per heavy atom. The van der Waals surface area contributed by atoms with E-state index < -0.39 is 11.7 Å². The topological polar surface area (TPSA) is 59.7 Å². The fraction of sp³-hybridized carbons (Fsp3) is 0.222. The van der Waals surface area contributed by atoms with E-state index >= 15 is 0 Å². The Bertz CT molecular complexity index is 297. The van der Waals surface area contributed by atoms with Crippen LogP contribution in [-0.2, 0) is 9.53 Å². The van der Waals surface area contributed by atoms with Crippen LogP contribution in [0.3, 0.4) is 0 Å². The van der Waals surface area contributed by atoms with Gasteiger partial charge in [-0.2, -0.15) is 0 Å². The highest BCUT2D eigenvalue weighted by Gasteiger charge is 2.08.